The lowest BCUT2D eigenvalue weighted by Gasteiger charge is -2.20. The van der Waals surface area contributed by atoms with E-state index in [1.165, 1.54) is 21.4 Å². The molecule has 6 nitrogen and oxygen atoms in total. The number of aryl methyl sites for hydroxylation is 1. The Bertz CT molecular complexity index is 441. The van der Waals surface area contributed by atoms with Crippen LogP contribution < -0.4 is 5.73 Å². The van der Waals surface area contributed by atoms with Crippen LogP contribution in [0.5, 0.6) is 0 Å². The van der Waals surface area contributed by atoms with Crippen molar-refractivity contribution in [3.05, 3.63) is 12.4 Å². The highest BCUT2D eigenvalue weighted by Gasteiger charge is 2.24. The van der Waals surface area contributed by atoms with Crippen molar-refractivity contribution in [2.24, 2.45) is 12.8 Å². The molecule has 1 heterocycles. The second-order valence-corrected chi connectivity index (χ2v) is 5.83. The number of nitrogens with two attached hydrogens (primary N) is 1. The Kier molecular flexibility index (Phi) is 5.10. The van der Waals surface area contributed by atoms with Gasteiger partial charge in [-0.05, 0) is 19.4 Å². The van der Waals surface area contributed by atoms with Crippen LogP contribution in [0, 0.1) is 0 Å². The third-order valence-electron chi connectivity index (χ3n) is 2.40. The quantitative estimate of drug-likeness (QED) is 0.757. The van der Waals surface area contributed by atoms with Crippen LogP contribution >= 0.6 is 0 Å². The molecule has 0 aliphatic heterocycles. The van der Waals surface area contributed by atoms with Crippen molar-refractivity contribution in [1.29, 1.82) is 0 Å². The van der Waals surface area contributed by atoms with Gasteiger partial charge in [-0.25, -0.2) is 8.42 Å². The number of hydrogen-bond donors (Lipinski definition) is 1. The fourth-order valence-electron chi connectivity index (χ4n) is 1.55. The van der Waals surface area contributed by atoms with E-state index in [2.05, 4.69) is 5.10 Å². The molecule has 0 saturated heterocycles. The molecule has 1 aromatic rings. The summed E-state index contributed by atoms with van der Waals surface area (Å²) in [6.07, 6.45) is 4.34. The summed E-state index contributed by atoms with van der Waals surface area (Å²) in [6, 6.07) is 0. The molecule has 0 atom stereocenters. The number of nitrogens with zero attached hydrogens (tertiary/aromatic N) is 3. The third-order valence-corrected chi connectivity index (χ3v) is 4.26. The molecule has 0 aliphatic carbocycles. The molecular weight excluding hydrogens is 240 g/mol. The Balaban J connectivity index is 2.91. The summed E-state index contributed by atoms with van der Waals surface area (Å²) in [7, 11) is -1.72. The highest BCUT2D eigenvalue weighted by Crippen LogP contribution is 2.15. The van der Waals surface area contributed by atoms with E-state index in [1.807, 2.05) is 6.92 Å². The summed E-state index contributed by atoms with van der Waals surface area (Å²) >= 11 is 0. The van der Waals surface area contributed by atoms with Crippen LogP contribution in [0.1, 0.15) is 19.8 Å². The molecule has 7 heteroatoms. The Morgan fingerprint density at radius 3 is 2.65 bits per heavy atom. The van der Waals surface area contributed by atoms with Gasteiger partial charge in [-0.15, -0.1) is 0 Å². The molecule has 0 saturated carbocycles. The lowest BCUT2D eigenvalue weighted by atomic mass is 10.4. The van der Waals surface area contributed by atoms with E-state index in [9.17, 15) is 8.42 Å². The van der Waals surface area contributed by atoms with E-state index in [-0.39, 0.29) is 4.90 Å². The smallest absolute Gasteiger partial charge is 0.246 e. The molecule has 0 aliphatic rings. The topological polar surface area (TPSA) is 81.2 Å². The van der Waals surface area contributed by atoms with E-state index in [4.69, 9.17) is 5.73 Å². The number of hydrogen-bond acceptors (Lipinski definition) is 4. The maximum atomic E-state index is 12.3. The number of aromatic nitrogens is 2. The monoisotopic (exact) mass is 260 g/mol. The molecular formula is C10H20N4O2S. The predicted molar refractivity (Wildman–Crippen MR) is 65.9 cm³/mol. The molecule has 0 aromatic carbocycles. The minimum absolute atomic E-state index is 0.241. The lowest BCUT2D eigenvalue weighted by molar-refractivity contribution is 0.406. The average molecular weight is 260 g/mol. The van der Waals surface area contributed by atoms with Gasteiger partial charge in [0.05, 0.1) is 6.20 Å². The Morgan fingerprint density at radius 2 is 2.18 bits per heavy atom. The Hall–Kier alpha value is -0.920. The van der Waals surface area contributed by atoms with Crippen molar-refractivity contribution in [1.82, 2.24) is 14.1 Å². The second-order valence-electron chi connectivity index (χ2n) is 3.90. The highest BCUT2D eigenvalue weighted by atomic mass is 32.2. The van der Waals surface area contributed by atoms with E-state index in [0.717, 1.165) is 6.42 Å². The van der Waals surface area contributed by atoms with Crippen LogP contribution in [0.4, 0.5) is 0 Å². The maximum Gasteiger partial charge on any atom is 0.246 e. The van der Waals surface area contributed by atoms with Gasteiger partial charge in [0.25, 0.3) is 0 Å². The number of rotatable bonds is 7. The molecule has 1 rings (SSSR count). The van der Waals surface area contributed by atoms with E-state index in [0.29, 0.717) is 26.1 Å². The van der Waals surface area contributed by atoms with Gasteiger partial charge in [-0.3, -0.25) is 4.68 Å². The minimum Gasteiger partial charge on any atom is -0.330 e. The highest BCUT2D eigenvalue weighted by molar-refractivity contribution is 7.89. The standard InChI is InChI=1S/C10H20N4O2S/c1-3-6-14(7-4-5-11)17(15,16)10-8-12-13(2)9-10/h8-9H,3-7,11H2,1-2H3. The van der Waals surface area contributed by atoms with Gasteiger partial charge in [0.15, 0.2) is 0 Å². The normalized spacial score (nSPS) is 12.2. The van der Waals surface area contributed by atoms with Crippen molar-refractivity contribution < 1.29 is 8.42 Å². The van der Waals surface area contributed by atoms with Gasteiger partial charge >= 0.3 is 0 Å². The average Bonchev–Trinajstić information content (AvgIpc) is 2.71. The molecule has 0 unspecified atom stereocenters. The van der Waals surface area contributed by atoms with Gasteiger partial charge in [0.2, 0.25) is 10.0 Å². The molecule has 0 fully saturated rings. The summed E-state index contributed by atoms with van der Waals surface area (Å²) in [5, 5.41) is 3.89. The predicted octanol–water partition coefficient (Wildman–Crippen LogP) is 0.170. The van der Waals surface area contributed by atoms with Crippen LogP contribution in [-0.2, 0) is 17.1 Å². The molecule has 0 radical (unpaired) electrons. The lowest BCUT2D eigenvalue weighted by Crippen LogP contribution is -2.33. The largest absolute Gasteiger partial charge is 0.330 e. The van der Waals surface area contributed by atoms with Gasteiger partial charge in [-0.1, -0.05) is 6.92 Å². The van der Waals surface area contributed by atoms with Gasteiger partial charge in [-0.2, -0.15) is 9.40 Å². The molecule has 0 spiro atoms. The zero-order valence-electron chi connectivity index (χ0n) is 10.3. The summed E-state index contributed by atoms with van der Waals surface area (Å²) in [6.45, 7) is 3.41. The molecule has 0 amide bonds. The van der Waals surface area contributed by atoms with Crippen LogP contribution in [-0.4, -0.2) is 42.1 Å². The molecule has 98 valence electrons. The minimum atomic E-state index is -3.42. The molecule has 2 N–H and O–H groups in total. The summed E-state index contributed by atoms with van der Waals surface area (Å²) in [5.41, 5.74) is 5.42. The zero-order valence-corrected chi connectivity index (χ0v) is 11.2. The first-order valence-electron chi connectivity index (χ1n) is 5.71. The fraction of sp³-hybridized carbons (Fsp3) is 0.700. The maximum absolute atomic E-state index is 12.3. The van der Waals surface area contributed by atoms with Gasteiger partial charge < -0.3 is 5.73 Å². The van der Waals surface area contributed by atoms with Crippen molar-refractivity contribution >= 4 is 10.0 Å². The van der Waals surface area contributed by atoms with Crippen LogP contribution in [0.2, 0.25) is 0 Å². The SMILES string of the molecule is CCCN(CCCN)S(=O)(=O)c1cnn(C)c1. The Morgan fingerprint density at radius 1 is 1.47 bits per heavy atom. The van der Waals surface area contributed by atoms with Crippen molar-refractivity contribution in [2.75, 3.05) is 19.6 Å². The summed E-state index contributed by atoms with van der Waals surface area (Å²) in [4.78, 5) is 0.241. The van der Waals surface area contributed by atoms with Gasteiger partial charge in [0, 0.05) is 26.3 Å². The zero-order chi connectivity index (χ0) is 12.9. The summed E-state index contributed by atoms with van der Waals surface area (Å²) < 4.78 is 27.5. The van der Waals surface area contributed by atoms with Crippen LogP contribution in [0.3, 0.4) is 0 Å². The molecule has 17 heavy (non-hydrogen) atoms. The Labute approximate surface area is 102 Å². The van der Waals surface area contributed by atoms with Crippen molar-refractivity contribution in [2.45, 2.75) is 24.7 Å². The number of sulfonamides is 1. The molecule has 1 aromatic heterocycles. The van der Waals surface area contributed by atoms with Gasteiger partial charge in [0.1, 0.15) is 4.90 Å². The van der Waals surface area contributed by atoms with Crippen LogP contribution in [0.25, 0.3) is 0 Å². The van der Waals surface area contributed by atoms with Crippen molar-refractivity contribution in [3.63, 3.8) is 0 Å². The van der Waals surface area contributed by atoms with E-state index < -0.39 is 10.0 Å². The van der Waals surface area contributed by atoms with E-state index in [1.54, 1.807) is 7.05 Å². The first-order chi connectivity index (χ1) is 8.02. The second kappa shape index (κ2) is 6.13. The fourth-order valence-corrected chi connectivity index (χ4v) is 3.11. The van der Waals surface area contributed by atoms with E-state index >= 15 is 0 Å². The van der Waals surface area contributed by atoms with Crippen LogP contribution in [0.15, 0.2) is 17.3 Å². The first-order valence-corrected chi connectivity index (χ1v) is 7.15. The molecule has 0 bridgehead atoms. The third kappa shape index (κ3) is 3.52. The summed E-state index contributed by atoms with van der Waals surface area (Å²) in [5.74, 6) is 0. The van der Waals surface area contributed by atoms with Crippen molar-refractivity contribution in [3.8, 4) is 0 Å². The first kappa shape index (κ1) is 14.1.